The number of carbonyl (C=O) groups is 2. The van der Waals surface area contributed by atoms with Crippen LogP contribution in [-0.2, 0) is 18.2 Å². The van der Waals surface area contributed by atoms with E-state index in [2.05, 4.69) is 31.9 Å². The van der Waals surface area contributed by atoms with Crippen molar-refractivity contribution in [3.63, 3.8) is 0 Å². The van der Waals surface area contributed by atoms with Crippen LogP contribution in [0.3, 0.4) is 0 Å². The van der Waals surface area contributed by atoms with Crippen molar-refractivity contribution in [2.75, 3.05) is 4.90 Å². The number of imide groups is 1. The zero-order valence-corrected chi connectivity index (χ0v) is 19.4. The maximum absolute atomic E-state index is 13.9. The maximum atomic E-state index is 13.9. The predicted octanol–water partition coefficient (Wildman–Crippen LogP) is 5.75. The van der Waals surface area contributed by atoms with Crippen LogP contribution in [0.25, 0.3) is 0 Å². The van der Waals surface area contributed by atoms with Gasteiger partial charge in [-0.25, -0.2) is 4.90 Å². The third-order valence-corrected chi connectivity index (χ3v) is 9.69. The Hall–Kier alpha value is -1.95. The summed E-state index contributed by atoms with van der Waals surface area (Å²) in [5.41, 5.74) is 4.50. The summed E-state index contributed by atoms with van der Waals surface area (Å²) < 4.78 is -1.58. The van der Waals surface area contributed by atoms with Crippen LogP contribution >= 0.6 is 43.5 Å². The van der Waals surface area contributed by atoms with Crippen molar-refractivity contribution in [3.05, 3.63) is 100 Å². The largest absolute Gasteiger partial charge is 0.274 e. The van der Waals surface area contributed by atoms with E-state index < -0.39 is 20.5 Å². The Labute approximate surface area is 195 Å². The molecular formula is C24H14Br2ClNO2. The molecule has 1 saturated heterocycles. The Morgan fingerprint density at radius 2 is 1.03 bits per heavy atom. The fourth-order valence-corrected chi connectivity index (χ4v) is 8.06. The number of halogens is 3. The highest BCUT2D eigenvalue weighted by molar-refractivity contribution is 9.10. The van der Waals surface area contributed by atoms with Crippen LogP contribution in [-0.4, -0.2) is 11.8 Å². The van der Waals surface area contributed by atoms with Crippen LogP contribution in [0.4, 0.5) is 5.69 Å². The molecule has 2 atom stereocenters. The Balaban J connectivity index is 1.68. The first-order chi connectivity index (χ1) is 14.4. The molecule has 0 spiro atoms. The highest BCUT2D eigenvalue weighted by Crippen LogP contribution is 2.70. The van der Waals surface area contributed by atoms with Gasteiger partial charge in [0.25, 0.3) is 0 Å². The standard InChI is InChI=1S/C24H14Br2ClNO2/c25-23-13-7-1-2-8-14(13)24(26,16-10-4-3-9-15(16)23)20-19(23)21(29)28(22(20)30)18-12-6-5-11-17(18)27/h1-12,19-20H/t19-,20-,23?,24?/m0/s1. The molecule has 0 unspecified atom stereocenters. The first kappa shape index (κ1) is 18.8. The van der Waals surface area contributed by atoms with Gasteiger partial charge < -0.3 is 0 Å². The molecule has 3 aromatic carbocycles. The number of anilines is 1. The molecular weight excluding hydrogens is 530 g/mol. The molecule has 7 rings (SSSR count). The summed E-state index contributed by atoms with van der Waals surface area (Å²) in [6.07, 6.45) is 0. The van der Waals surface area contributed by atoms with Crippen LogP contribution in [0.5, 0.6) is 0 Å². The first-order valence-corrected chi connectivity index (χ1v) is 11.6. The average Bonchev–Trinajstić information content (AvgIpc) is 3.04. The van der Waals surface area contributed by atoms with E-state index in [0.717, 1.165) is 22.3 Å². The lowest BCUT2D eigenvalue weighted by molar-refractivity contribution is -0.122. The summed E-state index contributed by atoms with van der Waals surface area (Å²) in [7, 11) is 0. The van der Waals surface area contributed by atoms with Crippen LogP contribution < -0.4 is 4.90 Å². The number of rotatable bonds is 1. The molecule has 2 bridgehead atoms. The molecule has 0 N–H and O–H groups in total. The maximum Gasteiger partial charge on any atom is 0.239 e. The van der Waals surface area contributed by atoms with E-state index in [9.17, 15) is 9.59 Å². The number of alkyl halides is 2. The molecule has 1 heterocycles. The number of amides is 2. The molecule has 0 saturated carbocycles. The third kappa shape index (κ3) is 1.97. The second-order valence-electron chi connectivity index (χ2n) is 7.93. The predicted molar refractivity (Wildman–Crippen MR) is 123 cm³/mol. The average molecular weight is 544 g/mol. The van der Waals surface area contributed by atoms with Gasteiger partial charge in [0.15, 0.2) is 0 Å². The van der Waals surface area contributed by atoms with Gasteiger partial charge >= 0.3 is 0 Å². The molecule has 3 aliphatic carbocycles. The van der Waals surface area contributed by atoms with Gasteiger partial charge in [0.1, 0.15) is 0 Å². The normalized spacial score (nSPS) is 30.8. The zero-order valence-electron chi connectivity index (χ0n) is 15.5. The molecule has 148 valence electrons. The van der Waals surface area contributed by atoms with Gasteiger partial charge in [0.2, 0.25) is 11.8 Å². The molecule has 3 aromatic rings. The molecule has 3 nitrogen and oxygen atoms in total. The number of benzene rings is 3. The minimum absolute atomic E-state index is 0.234. The fourth-order valence-electron chi connectivity index (χ4n) is 5.54. The van der Waals surface area contributed by atoms with E-state index in [-0.39, 0.29) is 11.8 Å². The van der Waals surface area contributed by atoms with Crippen molar-refractivity contribution in [1.82, 2.24) is 0 Å². The number of carbonyl (C=O) groups excluding carboxylic acids is 2. The van der Waals surface area contributed by atoms with Crippen molar-refractivity contribution in [1.29, 1.82) is 0 Å². The van der Waals surface area contributed by atoms with E-state index in [1.54, 1.807) is 24.3 Å². The van der Waals surface area contributed by atoms with Gasteiger partial charge in [-0.05, 0) is 34.4 Å². The molecule has 1 fully saturated rings. The number of nitrogens with zero attached hydrogens (tertiary/aromatic N) is 1. The molecule has 0 radical (unpaired) electrons. The van der Waals surface area contributed by atoms with Crippen LogP contribution in [0.2, 0.25) is 5.02 Å². The summed E-state index contributed by atoms with van der Waals surface area (Å²) >= 11 is 14.4. The molecule has 2 amide bonds. The number of para-hydroxylation sites is 1. The first-order valence-electron chi connectivity index (χ1n) is 9.62. The number of hydrogen-bond acceptors (Lipinski definition) is 2. The highest BCUT2D eigenvalue weighted by Gasteiger charge is 2.72. The minimum Gasteiger partial charge on any atom is -0.274 e. The minimum atomic E-state index is -0.789. The molecule has 30 heavy (non-hydrogen) atoms. The van der Waals surface area contributed by atoms with E-state index in [0.29, 0.717) is 10.7 Å². The number of hydrogen-bond donors (Lipinski definition) is 0. The zero-order chi connectivity index (χ0) is 20.8. The molecule has 6 heteroatoms. The Bertz CT molecular complexity index is 1150. The van der Waals surface area contributed by atoms with Crippen molar-refractivity contribution in [2.24, 2.45) is 11.8 Å². The van der Waals surface area contributed by atoms with Crippen molar-refractivity contribution >= 4 is 61.0 Å². The summed E-state index contributed by atoms with van der Waals surface area (Å²) in [4.78, 5) is 29.0. The van der Waals surface area contributed by atoms with Gasteiger partial charge in [-0.3, -0.25) is 9.59 Å². The van der Waals surface area contributed by atoms with Gasteiger partial charge in [0, 0.05) is 0 Å². The quantitative estimate of drug-likeness (QED) is 0.290. The molecule has 1 aliphatic heterocycles. The second kappa shape index (κ2) is 6.06. The van der Waals surface area contributed by atoms with E-state index >= 15 is 0 Å². The topological polar surface area (TPSA) is 37.4 Å². The summed E-state index contributed by atoms with van der Waals surface area (Å²) in [6, 6.07) is 23.1. The third-order valence-electron chi connectivity index (χ3n) is 6.68. The van der Waals surface area contributed by atoms with Gasteiger partial charge in [-0.1, -0.05) is 104 Å². The second-order valence-corrected chi connectivity index (χ2v) is 10.8. The Morgan fingerprint density at radius 3 is 1.43 bits per heavy atom. The van der Waals surface area contributed by atoms with Gasteiger partial charge in [-0.15, -0.1) is 0 Å². The monoisotopic (exact) mass is 541 g/mol. The van der Waals surface area contributed by atoms with Crippen molar-refractivity contribution in [3.8, 4) is 0 Å². The van der Waals surface area contributed by atoms with Crippen molar-refractivity contribution in [2.45, 2.75) is 8.65 Å². The van der Waals surface area contributed by atoms with Gasteiger partial charge in [-0.2, -0.15) is 0 Å². The highest BCUT2D eigenvalue weighted by atomic mass is 79.9. The van der Waals surface area contributed by atoms with E-state index in [4.69, 9.17) is 11.6 Å². The van der Waals surface area contributed by atoms with Crippen LogP contribution in [0.15, 0.2) is 72.8 Å². The lowest BCUT2D eigenvalue weighted by Crippen LogP contribution is -2.56. The lowest BCUT2D eigenvalue weighted by Gasteiger charge is -2.55. The van der Waals surface area contributed by atoms with Crippen molar-refractivity contribution < 1.29 is 9.59 Å². The smallest absolute Gasteiger partial charge is 0.239 e. The summed E-state index contributed by atoms with van der Waals surface area (Å²) in [6.45, 7) is 0. The van der Waals surface area contributed by atoms with Crippen LogP contribution in [0, 0.1) is 11.8 Å². The van der Waals surface area contributed by atoms with Crippen LogP contribution in [0.1, 0.15) is 22.3 Å². The summed E-state index contributed by atoms with van der Waals surface area (Å²) in [5.74, 6) is -1.65. The van der Waals surface area contributed by atoms with E-state index in [1.165, 1.54) is 4.90 Å². The Morgan fingerprint density at radius 1 is 0.667 bits per heavy atom. The SMILES string of the molecule is O=C1[C@@H]2[C@@H](C(=O)N1c1ccccc1Cl)C1(Br)c3ccccc3C2(Br)c2ccccc21. The molecule has 4 aliphatic rings. The lowest BCUT2D eigenvalue weighted by atomic mass is 9.54. The molecule has 0 aromatic heterocycles. The Kier molecular flexibility index (Phi) is 3.79. The van der Waals surface area contributed by atoms with Gasteiger partial charge in [0.05, 0.1) is 31.2 Å². The summed E-state index contributed by atoms with van der Waals surface area (Å²) in [5, 5.41) is 0.382. The fraction of sp³-hybridized carbons (Fsp3) is 0.167. The van der Waals surface area contributed by atoms with E-state index in [1.807, 2.05) is 48.5 Å².